The summed E-state index contributed by atoms with van der Waals surface area (Å²) < 4.78 is 0. The van der Waals surface area contributed by atoms with Gasteiger partial charge in [0.25, 0.3) is 0 Å². The Morgan fingerprint density at radius 2 is 1.70 bits per heavy atom. The van der Waals surface area contributed by atoms with E-state index in [1.165, 1.54) is 0 Å². The van der Waals surface area contributed by atoms with Gasteiger partial charge in [-0.2, -0.15) is 0 Å². The zero-order valence-electron chi connectivity index (χ0n) is 5.63. The van der Waals surface area contributed by atoms with Crippen molar-refractivity contribution in [1.29, 1.82) is 0 Å². The van der Waals surface area contributed by atoms with Crippen LogP contribution in [0, 0.1) is 0 Å². The molecular weight excluding hydrogens is 193 g/mol. The molecule has 0 saturated carbocycles. The molecule has 5 nitrogen and oxygen atoms in total. The Hall–Kier alpha value is -0.0266. The molecule has 0 unspecified atom stereocenters. The van der Waals surface area contributed by atoms with Gasteiger partial charge in [-0.3, -0.25) is 4.79 Å². The largest absolute Gasteiger partial charge is 0.481 e. The third-order valence-electron chi connectivity index (χ3n) is 0.549. The van der Waals surface area contributed by atoms with Crippen molar-refractivity contribution in [2.45, 2.75) is 12.8 Å². The summed E-state index contributed by atoms with van der Waals surface area (Å²) in [6, 6.07) is 0. The molecule has 0 aliphatic carbocycles. The summed E-state index contributed by atoms with van der Waals surface area (Å²) in [6.07, 6.45) is 0.422. The number of aliphatic carboxylic acids is 1. The van der Waals surface area contributed by atoms with E-state index in [0.717, 1.165) is 0 Å². The van der Waals surface area contributed by atoms with Crippen LogP contribution in [0.5, 0.6) is 0 Å². The normalized spacial score (nSPS) is 6.10. The molecule has 0 radical (unpaired) electrons. The van der Waals surface area contributed by atoms with E-state index in [0.29, 0.717) is 6.42 Å². The van der Waals surface area contributed by atoms with E-state index in [1.54, 1.807) is 0 Å². The van der Waals surface area contributed by atoms with Crippen molar-refractivity contribution in [1.82, 2.24) is 0 Å². The first kappa shape index (κ1) is 22.5. The van der Waals surface area contributed by atoms with Crippen LogP contribution in [0.1, 0.15) is 12.8 Å². The Morgan fingerprint density at radius 1 is 1.30 bits per heavy atom. The van der Waals surface area contributed by atoms with Crippen LogP contribution in [0.25, 0.3) is 0 Å². The average Bonchev–Trinajstić information content (AvgIpc) is 1.61. The summed E-state index contributed by atoms with van der Waals surface area (Å²) in [5.41, 5.74) is 0. The molecule has 0 saturated heterocycles. The van der Waals surface area contributed by atoms with Crippen molar-refractivity contribution in [3.8, 4) is 0 Å². The summed E-state index contributed by atoms with van der Waals surface area (Å²) >= 11 is 0. The monoisotopic (exact) mass is 204 g/mol. The van der Waals surface area contributed by atoms with E-state index in [2.05, 4.69) is 0 Å². The molecule has 0 aliphatic heterocycles. The predicted octanol–water partition coefficient (Wildman–Crippen LogP) is -1.81. The first-order chi connectivity index (χ1) is 3.27. The van der Waals surface area contributed by atoms with Gasteiger partial charge in [0.2, 0.25) is 0 Å². The number of hydrogen-bond acceptors (Lipinski definition) is 2. The van der Waals surface area contributed by atoms with Gasteiger partial charge in [0.1, 0.15) is 0 Å². The molecule has 0 rings (SSSR count). The van der Waals surface area contributed by atoms with Crippen LogP contribution in [0.15, 0.2) is 0 Å². The molecule has 0 spiro atoms. The molecule has 0 aliphatic rings. The number of hydrogen-bond donors (Lipinski definition) is 2. The Morgan fingerprint density at radius 3 is 1.80 bits per heavy atom. The van der Waals surface area contributed by atoms with E-state index in [1.807, 2.05) is 0 Å². The molecule has 10 heavy (non-hydrogen) atoms. The minimum absolute atomic E-state index is 0. The molecule has 0 aromatic carbocycles. The standard InChI is InChI=1S/C4H8O3.2H2O.Zn/c5-3-1-2-4(6)7;;;/h5H,1-3H2,(H,6,7);2*1H2;. The summed E-state index contributed by atoms with van der Waals surface area (Å²) in [6.45, 7) is -0.0354. The van der Waals surface area contributed by atoms with Crippen molar-refractivity contribution in [3.63, 3.8) is 0 Å². The Bertz CT molecular complexity index is 66.7. The van der Waals surface area contributed by atoms with Crippen LogP contribution in [-0.2, 0) is 24.3 Å². The van der Waals surface area contributed by atoms with Crippen molar-refractivity contribution in [3.05, 3.63) is 0 Å². The number of carbonyl (C=O) groups is 1. The number of carboxylic acid groups (broad SMARTS) is 1. The minimum atomic E-state index is -0.853. The van der Waals surface area contributed by atoms with Gasteiger partial charge < -0.3 is 21.2 Å². The van der Waals surface area contributed by atoms with Gasteiger partial charge in [-0.05, 0) is 6.42 Å². The summed E-state index contributed by atoms with van der Waals surface area (Å²) in [5.74, 6) is -0.853. The number of aliphatic hydroxyl groups excluding tert-OH is 1. The summed E-state index contributed by atoms with van der Waals surface area (Å²) in [5, 5.41) is 16.0. The van der Waals surface area contributed by atoms with Crippen LogP contribution >= 0.6 is 0 Å². The maximum absolute atomic E-state index is 9.65. The molecule has 0 aromatic rings. The fraction of sp³-hybridized carbons (Fsp3) is 0.750. The van der Waals surface area contributed by atoms with Crippen molar-refractivity contribution in [2.75, 3.05) is 6.61 Å². The van der Waals surface area contributed by atoms with Crippen molar-refractivity contribution in [2.24, 2.45) is 0 Å². The van der Waals surface area contributed by atoms with E-state index in [9.17, 15) is 4.79 Å². The second kappa shape index (κ2) is 16.0. The second-order valence-electron chi connectivity index (χ2n) is 1.22. The minimum Gasteiger partial charge on any atom is -0.481 e. The van der Waals surface area contributed by atoms with Gasteiger partial charge >= 0.3 is 5.97 Å². The molecule has 0 fully saturated rings. The zero-order chi connectivity index (χ0) is 5.70. The molecule has 6 N–H and O–H groups in total. The van der Waals surface area contributed by atoms with Crippen molar-refractivity contribution < 1.29 is 45.4 Å². The predicted molar refractivity (Wildman–Crippen MR) is 31.2 cm³/mol. The topological polar surface area (TPSA) is 121 Å². The molecule has 0 heterocycles. The summed E-state index contributed by atoms with van der Waals surface area (Å²) in [4.78, 5) is 9.65. The van der Waals surface area contributed by atoms with Gasteiger partial charge in [-0.1, -0.05) is 0 Å². The third kappa shape index (κ3) is 24.6. The van der Waals surface area contributed by atoms with Gasteiger partial charge in [0.05, 0.1) is 0 Å². The molecule has 0 aromatic heterocycles. The number of carboxylic acids is 1. The SMILES string of the molecule is O.O.O=C(O)CCCO.[Zn]. The Kier molecular flexibility index (Phi) is 36.0. The van der Waals surface area contributed by atoms with Crippen molar-refractivity contribution >= 4 is 5.97 Å². The van der Waals surface area contributed by atoms with E-state index < -0.39 is 5.97 Å². The van der Waals surface area contributed by atoms with Gasteiger partial charge in [-0.25, -0.2) is 0 Å². The van der Waals surface area contributed by atoms with Crippen LogP contribution in [-0.4, -0.2) is 33.7 Å². The van der Waals surface area contributed by atoms with Gasteiger partial charge in [-0.15, -0.1) is 0 Å². The average molecular weight is 206 g/mol. The van der Waals surface area contributed by atoms with Gasteiger partial charge in [0.15, 0.2) is 0 Å². The number of rotatable bonds is 3. The second-order valence-corrected chi connectivity index (χ2v) is 1.22. The third-order valence-corrected chi connectivity index (χ3v) is 0.549. The fourth-order valence-corrected chi connectivity index (χ4v) is 0.230. The molecule has 0 amide bonds. The Labute approximate surface area is 71.4 Å². The smallest absolute Gasteiger partial charge is 0.303 e. The molecule has 0 bridgehead atoms. The Balaban J connectivity index is -0.0000000600. The van der Waals surface area contributed by atoms with Crippen LogP contribution in [0.3, 0.4) is 0 Å². The van der Waals surface area contributed by atoms with Crippen LogP contribution < -0.4 is 0 Å². The molecule has 0 atom stereocenters. The maximum Gasteiger partial charge on any atom is 0.303 e. The first-order valence-electron chi connectivity index (χ1n) is 2.10. The zero-order valence-corrected chi connectivity index (χ0v) is 8.60. The fourth-order valence-electron chi connectivity index (χ4n) is 0.230. The molecule has 6 heteroatoms. The van der Waals surface area contributed by atoms with Crippen LogP contribution in [0.4, 0.5) is 0 Å². The van der Waals surface area contributed by atoms with E-state index in [4.69, 9.17) is 10.2 Å². The van der Waals surface area contributed by atoms with E-state index in [-0.39, 0.29) is 43.5 Å². The molecular formula is C4H12O5Zn. The molecule has 60 valence electrons. The quantitative estimate of drug-likeness (QED) is 0.528. The maximum atomic E-state index is 9.65. The van der Waals surface area contributed by atoms with Crippen LogP contribution in [0.2, 0.25) is 0 Å². The summed E-state index contributed by atoms with van der Waals surface area (Å²) in [7, 11) is 0. The van der Waals surface area contributed by atoms with E-state index >= 15 is 0 Å². The number of aliphatic hydroxyl groups is 1. The first-order valence-corrected chi connectivity index (χ1v) is 2.10. The van der Waals surface area contributed by atoms with Gasteiger partial charge in [0, 0.05) is 32.5 Å².